The topological polar surface area (TPSA) is 26.0 Å². The van der Waals surface area contributed by atoms with E-state index >= 15 is 0 Å². The van der Waals surface area contributed by atoms with Crippen LogP contribution in [0.4, 0.5) is 4.39 Å². The number of hydrogen-bond donors (Lipinski definition) is 1. The summed E-state index contributed by atoms with van der Waals surface area (Å²) >= 11 is 9.67. The molecule has 0 aromatic heterocycles. The molecule has 0 aliphatic carbocycles. The molecule has 0 aliphatic heterocycles. The Labute approximate surface area is 135 Å². The standard InChI is InChI=1S/C17H12BrClFN/c18-15-8-7-13(11-3-1-2-4-12(11)15)17(21)14-6-5-10(20)9-16(14)19/h1-9,17H,21H2. The molecule has 0 bridgehead atoms. The third kappa shape index (κ3) is 2.69. The van der Waals surface area contributed by atoms with E-state index in [0.29, 0.717) is 10.6 Å². The lowest BCUT2D eigenvalue weighted by atomic mass is 9.94. The van der Waals surface area contributed by atoms with Gasteiger partial charge in [0.15, 0.2) is 0 Å². The van der Waals surface area contributed by atoms with Crippen LogP contribution in [0.2, 0.25) is 5.02 Å². The molecule has 3 aromatic carbocycles. The monoisotopic (exact) mass is 363 g/mol. The summed E-state index contributed by atoms with van der Waals surface area (Å²) in [6, 6.07) is 15.8. The molecule has 0 aliphatic rings. The van der Waals surface area contributed by atoms with Gasteiger partial charge in [0.05, 0.1) is 6.04 Å². The molecule has 1 unspecified atom stereocenters. The van der Waals surface area contributed by atoms with Crippen molar-refractivity contribution in [3.8, 4) is 0 Å². The van der Waals surface area contributed by atoms with Gasteiger partial charge in [-0.1, -0.05) is 63.9 Å². The first-order valence-corrected chi connectivity index (χ1v) is 7.62. The van der Waals surface area contributed by atoms with Crippen molar-refractivity contribution in [1.29, 1.82) is 0 Å². The van der Waals surface area contributed by atoms with Crippen molar-refractivity contribution in [2.75, 3.05) is 0 Å². The summed E-state index contributed by atoms with van der Waals surface area (Å²) in [6.45, 7) is 0. The summed E-state index contributed by atoms with van der Waals surface area (Å²) in [4.78, 5) is 0. The van der Waals surface area contributed by atoms with E-state index in [1.807, 2.05) is 36.4 Å². The van der Waals surface area contributed by atoms with Gasteiger partial charge in [-0.2, -0.15) is 0 Å². The molecule has 0 heterocycles. The lowest BCUT2D eigenvalue weighted by molar-refractivity contribution is 0.626. The highest BCUT2D eigenvalue weighted by Crippen LogP contribution is 2.34. The number of nitrogens with two attached hydrogens (primary N) is 1. The van der Waals surface area contributed by atoms with E-state index in [1.165, 1.54) is 12.1 Å². The maximum atomic E-state index is 13.2. The predicted molar refractivity (Wildman–Crippen MR) is 89.1 cm³/mol. The fraction of sp³-hybridized carbons (Fsp3) is 0.0588. The first-order valence-electron chi connectivity index (χ1n) is 6.45. The first-order chi connectivity index (χ1) is 10.1. The van der Waals surface area contributed by atoms with Gasteiger partial charge in [0, 0.05) is 9.50 Å². The summed E-state index contributed by atoms with van der Waals surface area (Å²) in [5.41, 5.74) is 8.04. The molecule has 0 saturated heterocycles. The predicted octanol–water partition coefficient (Wildman–Crippen LogP) is 5.44. The van der Waals surface area contributed by atoms with Gasteiger partial charge in [0.1, 0.15) is 5.82 Å². The van der Waals surface area contributed by atoms with Crippen molar-refractivity contribution in [2.45, 2.75) is 6.04 Å². The highest BCUT2D eigenvalue weighted by Gasteiger charge is 2.16. The third-order valence-corrected chi connectivity index (χ3v) is 4.56. The molecule has 4 heteroatoms. The summed E-state index contributed by atoms with van der Waals surface area (Å²) < 4.78 is 14.2. The van der Waals surface area contributed by atoms with Crippen LogP contribution >= 0.6 is 27.5 Å². The van der Waals surface area contributed by atoms with Gasteiger partial charge >= 0.3 is 0 Å². The third-order valence-electron chi connectivity index (χ3n) is 3.54. The van der Waals surface area contributed by atoms with Gasteiger partial charge in [-0.25, -0.2) is 4.39 Å². The molecule has 3 aromatic rings. The minimum atomic E-state index is -0.406. The second kappa shape index (κ2) is 5.76. The highest BCUT2D eigenvalue weighted by molar-refractivity contribution is 9.10. The molecule has 0 fully saturated rings. The minimum absolute atomic E-state index is 0.342. The Hall–Kier alpha value is -1.42. The summed E-state index contributed by atoms with van der Waals surface area (Å²) in [5, 5.41) is 2.48. The Balaban J connectivity index is 2.18. The Morgan fingerprint density at radius 1 is 0.952 bits per heavy atom. The number of benzene rings is 3. The van der Waals surface area contributed by atoms with Crippen LogP contribution in [-0.2, 0) is 0 Å². The molecule has 0 radical (unpaired) electrons. The van der Waals surface area contributed by atoms with E-state index in [1.54, 1.807) is 6.07 Å². The molecular weight excluding hydrogens is 353 g/mol. The lowest BCUT2D eigenvalue weighted by Crippen LogP contribution is -2.13. The zero-order valence-corrected chi connectivity index (χ0v) is 13.3. The zero-order valence-electron chi connectivity index (χ0n) is 11.0. The van der Waals surface area contributed by atoms with Gasteiger partial charge in [0.2, 0.25) is 0 Å². The van der Waals surface area contributed by atoms with Crippen molar-refractivity contribution in [1.82, 2.24) is 0 Å². The van der Waals surface area contributed by atoms with Crippen LogP contribution in [0.1, 0.15) is 17.2 Å². The van der Waals surface area contributed by atoms with Crippen LogP contribution in [0.25, 0.3) is 10.8 Å². The molecule has 106 valence electrons. The van der Waals surface area contributed by atoms with E-state index in [9.17, 15) is 4.39 Å². The fourth-order valence-corrected chi connectivity index (χ4v) is 3.24. The minimum Gasteiger partial charge on any atom is -0.320 e. The summed E-state index contributed by atoms with van der Waals surface area (Å²) in [5.74, 6) is -0.364. The van der Waals surface area contributed by atoms with Crippen LogP contribution in [0.15, 0.2) is 59.1 Å². The molecule has 1 nitrogen and oxygen atoms in total. The molecule has 3 rings (SSSR count). The van der Waals surface area contributed by atoms with Gasteiger partial charge in [-0.15, -0.1) is 0 Å². The Morgan fingerprint density at radius 2 is 1.62 bits per heavy atom. The van der Waals surface area contributed by atoms with Gasteiger partial charge in [-0.3, -0.25) is 0 Å². The van der Waals surface area contributed by atoms with Crippen molar-refractivity contribution in [3.63, 3.8) is 0 Å². The van der Waals surface area contributed by atoms with E-state index in [-0.39, 0.29) is 5.82 Å². The van der Waals surface area contributed by atoms with E-state index in [2.05, 4.69) is 15.9 Å². The number of halogens is 3. The molecule has 21 heavy (non-hydrogen) atoms. The first kappa shape index (κ1) is 14.5. The second-order valence-corrected chi connectivity index (χ2v) is 6.09. The molecule has 0 saturated carbocycles. The highest BCUT2D eigenvalue weighted by atomic mass is 79.9. The molecule has 2 N–H and O–H groups in total. The average molecular weight is 365 g/mol. The van der Waals surface area contributed by atoms with Crippen molar-refractivity contribution in [3.05, 3.63) is 81.0 Å². The molecule has 0 amide bonds. The Morgan fingerprint density at radius 3 is 2.33 bits per heavy atom. The zero-order chi connectivity index (χ0) is 15.0. The van der Waals surface area contributed by atoms with Crippen LogP contribution in [0.5, 0.6) is 0 Å². The van der Waals surface area contributed by atoms with E-state index < -0.39 is 6.04 Å². The maximum absolute atomic E-state index is 13.2. The van der Waals surface area contributed by atoms with Crippen LogP contribution in [-0.4, -0.2) is 0 Å². The Bertz CT molecular complexity index is 819. The second-order valence-electron chi connectivity index (χ2n) is 4.83. The van der Waals surface area contributed by atoms with Crippen LogP contribution in [0, 0.1) is 5.82 Å². The number of fused-ring (bicyclic) bond motifs is 1. The Kier molecular flexibility index (Phi) is 3.98. The molecule has 1 atom stereocenters. The van der Waals surface area contributed by atoms with E-state index in [0.717, 1.165) is 20.8 Å². The van der Waals surface area contributed by atoms with Crippen molar-refractivity contribution < 1.29 is 4.39 Å². The van der Waals surface area contributed by atoms with Crippen LogP contribution < -0.4 is 5.73 Å². The molecule has 0 spiro atoms. The normalized spacial score (nSPS) is 12.6. The maximum Gasteiger partial charge on any atom is 0.124 e. The quantitative estimate of drug-likeness (QED) is 0.643. The van der Waals surface area contributed by atoms with Crippen LogP contribution in [0.3, 0.4) is 0 Å². The van der Waals surface area contributed by atoms with E-state index in [4.69, 9.17) is 17.3 Å². The summed E-state index contributed by atoms with van der Waals surface area (Å²) in [6.07, 6.45) is 0. The number of hydrogen-bond acceptors (Lipinski definition) is 1. The van der Waals surface area contributed by atoms with Gasteiger partial charge in [-0.05, 0) is 40.1 Å². The summed E-state index contributed by atoms with van der Waals surface area (Å²) in [7, 11) is 0. The molecular formula is C17H12BrClFN. The van der Waals surface area contributed by atoms with Gasteiger partial charge < -0.3 is 5.73 Å². The van der Waals surface area contributed by atoms with Gasteiger partial charge in [0.25, 0.3) is 0 Å². The van der Waals surface area contributed by atoms with Crippen molar-refractivity contribution >= 4 is 38.3 Å². The average Bonchev–Trinajstić information content (AvgIpc) is 2.47. The lowest BCUT2D eigenvalue weighted by Gasteiger charge is -2.17. The van der Waals surface area contributed by atoms with Crippen molar-refractivity contribution in [2.24, 2.45) is 5.73 Å². The fourth-order valence-electron chi connectivity index (χ4n) is 2.48. The smallest absolute Gasteiger partial charge is 0.124 e. The number of rotatable bonds is 2. The largest absolute Gasteiger partial charge is 0.320 e. The SMILES string of the molecule is NC(c1ccc(F)cc1Cl)c1ccc(Br)c2ccccc12.